The Kier molecular flexibility index (Phi) is 5.93. The van der Waals surface area contributed by atoms with Crippen LogP contribution in [0.3, 0.4) is 0 Å². The molecule has 162 valence electrons. The molecule has 8 heteroatoms. The Morgan fingerprint density at radius 3 is 2.31 bits per heavy atom. The van der Waals surface area contributed by atoms with E-state index in [4.69, 9.17) is 4.74 Å². The maximum atomic E-state index is 13.8. The molecule has 0 atom stereocenters. The van der Waals surface area contributed by atoms with Gasteiger partial charge in [0.05, 0.1) is 11.8 Å². The van der Waals surface area contributed by atoms with E-state index in [0.29, 0.717) is 22.8 Å². The van der Waals surface area contributed by atoms with Gasteiger partial charge >= 0.3 is 6.01 Å². The van der Waals surface area contributed by atoms with Crippen molar-refractivity contribution < 1.29 is 18.3 Å². The number of ether oxygens (including phenoxy) is 1. The summed E-state index contributed by atoms with van der Waals surface area (Å²) < 4.78 is 34.3. The molecule has 0 aliphatic carbocycles. The molecule has 0 saturated heterocycles. The summed E-state index contributed by atoms with van der Waals surface area (Å²) in [4.78, 5) is 16.8. The molecule has 4 aromatic rings. The first-order chi connectivity index (χ1) is 15.4. The summed E-state index contributed by atoms with van der Waals surface area (Å²) in [7, 11) is 0. The fourth-order valence-corrected chi connectivity index (χ4v) is 3.07. The van der Waals surface area contributed by atoms with Crippen LogP contribution in [0.15, 0.2) is 72.8 Å². The van der Waals surface area contributed by atoms with Crippen LogP contribution in [0, 0.1) is 11.6 Å². The molecule has 1 N–H and O–H groups in total. The highest BCUT2D eigenvalue weighted by molar-refractivity contribution is 6.04. The number of hydrogen-bond acceptors (Lipinski definition) is 4. The fourth-order valence-electron chi connectivity index (χ4n) is 3.07. The van der Waals surface area contributed by atoms with Crippen molar-refractivity contribution in [3.63, 3.8) is 0 Å². The molecule has 0 unspecified atom stereocenters. The first-order valence-corrected chi connectivity index (χ1v) is 9.96. The quantitative estimate of drug-likeness (QED) is 0.450. The van der Waals surface area contributed by atoms with Crippen LogP contribution in [0.5, 0.6) is 6.01 Å². The van der Waals surface area contributed by atoms with Gasteiger partial charge in [-0.3, -0.25) is 4.79 Å². The lowest BCUT2D eigenvalue weighted by Crippen LogP contribution is -2.12. The molecule has 0 aliphatic heterocycles. The van der Waals surface area contributed by atoms with Gasteiger partial charge in [0, 0.05) is 16.8 Å². The number of hydrogen-bond donors (Lipinski definition) is 1. The predicted molar refractivity (Wildman–Crippen MR) is 117 cm³/mol. The Labute approximate surface area is 183 Å². The van der Waals surface area contributed by atoms with Crippen LogP contribution < -0.4 is 10.1 Å². The van der Waals surface area contributed by atoms with E-state index in [2.05, 4.69) is 15.4 Å². The van der Waals surface area contributed by atoms with Gasteiger partial charge in [-0.25, -0.2) is 13.5 Å². The zero-order chi connectivity index (χ0) is 22.7. The maximum Gasteiger partial charge on any atom is 0.336 e. The molecule has 6 nitrogen and oxygen atoms in total. The molecular weight excluding hydrogens is 414 g/mol. The van der Waals surface area contributed by atoms with E-state index in [1.165, 1.54) is 36.4 Å². The molecule has 0 aliphatic rings. The minimum Gasteiger partial charge on any atom is -0.460 e. The molecule has 1 amide bonds. The lowest BCUT2D eigenvalue weighted by molar-refractivity contribution is 0.102. The molecule has 0 fully saturated rings. The Morgan fingerprint density at radius 2 is 1.66 bits per heavy atom. The minimum atomic E-state index is -0.483. The topological polar surface area (TPSA) is 69.0 Å². The summed E-state index contributed by atoms with van der Waals surface area (Å²) in [6.07, 6.45) is -0.133. The van der Waals surface area contributed by atoms with Crippen LogP contribution in [0.25, 0.3) is 17.1 Å². The van der Waals surface area contributed by atoms with E-state index in [1.807, 2.05) is 13.8 Å². The number of aromatic nitrogens is 3. The number of benzene rings is 3. The summed E-state index contributed by atoms with van der Waals surface area (Å²) in [5, 5.41) is 7.13. The van der Waals surface area contributed by atoms with Crippen molar-refractivity contribution in [2.75, 3.05) is 5.32 Å². The van der Waals surface area contributed by atoms with Crippen molar-refractivity contribution in [3.05, 3.63) is 90.0 Å². The highest BCUT2D eigenvalue weighted by Gasteiger charge is 2.16. The second kappa shape index (κ2) is 8.97. The second-order valence-corrected chi connectivity index (χ2v) is 7.32. The molecule has 3 aromatic carbocycles. The average Bonchev–Trinajstić information content (AvgIpc) is 3.17. The Morgan fingerprint density at radius 1 is 0.969 bits per heavy atom. The largest absolute Gasteiger partial charge is 0.460 e. The molecule has 1 aromatic heterocycles. The van der Waals surface area contributed by atoms with Crippen LogP contribution in [-0.4, -0.2) is 26.8 Å². The lowest BCUT2D eigenvalue weighted by Gasteiger charge is -2.09. The van der Waals surface area contributed by atoms with Crippen molar-refractivity contribution in [3.8, 4) is 23.1 Å². The Bertz CT molecular complexity index is 1250. The number of amides is 1. The van der Waals surface area contributed by atoms with Gasteiger partial charge in [0.25, 0.3) is 5.91 Å². The standard InChI is InChI=1S/C24H20F2N4O2/c1-15(2)32-24-28-22(16-5-3-7-18(25)13-16)30(29-24)21-11-9-20(10-12-21)27-23(31)17-6-4-8-19(26)14-17/h3-15H,1-2H3,(H,27,31). The summed E-state index contributed by atoms with van der Waals surface area (Å²) in [6, 6.07) is 18.5. The van der Waals surface area contributed by atoms with Gasteiger partial charge < -0.3 is 10.1 Å². The lowest BCUT2D eigenvalue weighted by atomic mass is 10.2. The van der Waals surface area contributed by atoms with Gasteiger partial charge in [-0.1, -0.05) is 18.2 Å². The van der Waals surface area contributed by atoms with Crippen LogP contribution in [0.4, 0.5) is 14.5 Å². The number of anilines is 1. The molecule has 0 bridgehead atoms. The molecule has 0 saturated carbocycles. The molecule has 0 radical (unpaired) electrons. The molecule has 4 rings (SSSR count). The van der Waals surface area contributed by atoms with Gasteiger partial charge in [0.2, 0.25) is 0 Å². The molecular formula is C24H20F2N4O2. The Balaban J connectivity index is 1.63. The normalized spacial score (nSPS) is 10.9. The zero-order valence-electron chi connectivity index (χ0n) is 17.4. The predicted octanol–water partition coefficient (Wildman–Crippen LogP) is 5.25. The summed E-state index contributed by atoms with van der Waals surface area (Å²) in [5.41, 5.74) is 1.92. The van der Waals surface area contributed by atoms with Crippen LogP contribution >= 0.6 is 0 Å². The third-order valence-electron chi connectivity index (χ3n) is 4.47. The highest BCUT2D eigenvalue weighted by Crippen LogP contribution is 2.25. The van der Waals surface area contributed by atoms with E-state index < -0.39 is 17.5 Å². The van der Waals surface area contributed by atoms with Crippen molar-refractivity contribution in [1.29, 1.82) is 0 Å². The number of carbonyl (C=O) groups excluding carboxylic acids is 1. The summed E-state index contributed by atoms with van der Waals surface area (Å²) in [5.74, 6) is -0.884. The number of nitrogens with zero attached hydrogens (tertiary/aromatic N) is 3. The zero-order valence-corrected chi connectivity index (χ0v) is 17.4. The van der Waals surface area contributed by atoms with Crippen LogP contribution in [0.1, 0.15) is 24.2 Å². The van der Waals surface area contributed by atoms with E-state index in [-0.39, 0.29) is 17.7 Å². The van der Waals surface area contributed by atoms with Gasteiger partial charge in [-0.05, 0) is 68.4 Å². The second-order valence-electron chi connectivity index (χ2n) is 7.32. The minimum absolute atomic E-state index is 0.133. The van der Waals surface area contributed by atoms with Gasteiger partial charge in [0.1, 0.15) is 11.6 Å². The summed E-state index contributed by atoms with van der Waals surface area (Å²) >= 11 is 0. The average molecular weight is 434 g/mol. The third-order valence-corrected chi connectivity index (χ3v) is 4.47. The van der Waals surface area contributed by atoms with Crippen LogP contribution in [0.2, 0.25) is 0 Å². The van der Waals surface area contributed by atoms with Crippen molar-refractivity contribution in [1.82, 2.24) is 14.8 Å². The van der Waals surface area contributed by atoms with E-state index >= 15 is 0 Å². The number of nitrogens with one attached hydrogen (secondary N) is 1. The monoisotopic (exact) mass is 434 g/mol. The smallest absolute Gasteiger partial charge is 0.336 e. The fraction of sp³-hybridized carbons (Fsp3) is 0.125. The van der Waals surface area contributed by atoms with Crippen LogP contribution in [-0.2, 0) is 0 Å². The van der Waals surface area contributed by atoms with E-state index in [1.54, 1.807) is 41.1 Å². The first kappa shape index (κ1) is 21.2. The van der Waals surface area contributed by atoms with Gasteiger partial charge in [0.15, 0.2) is 5.82 Å². The molecule has 32 heavy (non-hydrogen) atoms. The van der Waals surface area contributed by atoms with E-state index in [9.17, 15) is 13.6 Å². The highest BCUT2D eigenvalue weighted by atomic mass is 19.1. The molecule has 1 heterocycles. The summed E-state index contributed by atoms with van der Waals surface area (Å²) in [6.45, 7) is 3.72. The third kappa shape index (κ3) is 4.80. The van der Waals surface area contributed by atoms with Crippen molar-refractivity contribution >= 4 is 11.6 Å². The van der Waals surface area contributed by atoms with Crippen molar-refractivity contribution in [2.24, 2.45) is 0 Å². The Hall–Kier alpha value is -4.07. The van der Waals surface area contributed by atoms with E-state index in [0.717, 1.165) is 0 Å². The van der Waals surface area contributed by atoms with Gasteiger partial charge in [-0.2, -0.15) is 4.98 Å². The first-order valence-electron chi connectivity index (χ1n) is 9.96. The number of halogens is 2. The number of rotatable bonds is 6. The number of carbonyl (C=O) groups is 1. The SMILES string of the molecule is CC(C)Oc1nc(-c2cccc(F)c2)n(-c2ccc(NC(=O)c3cccc(F)c3)cc2)n1. The maximum absolute atomic E-state index is 13.8. The molecule has 0 spiro atoms. The van der Waals surface area contributed by atoms with Gasteiger partial charge in [-0.15, -0.1) is 5.10 Å². The van der Waals surface area contributed by atoms with Crippen molar-refractivity contribution in [2.45, 2.75) is 20.0 Å².